The topological polar surface area (TPSA) is 67.1 Å². The number of nitrogens with zero attached hydrogens (tertiary/aromatic N) is 3. The van der Waals surface area contributed by atoms with Gasteiger partial charge in [-0.3, -0.25) is 0 Å². The number of hydrazine groups is 1. The predicted molar refractivity (Wildman–Crippen MR) is 69.9 cm³/mol. The largest absolute Gasteiger partial charge is 0.356 e. The van der Waals surface area contributed by atoms with Gasteiger partial charge in [0.15, 0.2) is 0 Å². The summed E-state index contributed by atoms with van der Waals surface area (Å²) in [6, 6.07) is 1.94. The van der Waals surface area contributed by atoms with Crippen LogP contribution in [0.1, 0.15) is 38.4 Å². The van der Waals surface area contributed by atoms with Crippen LogP contribution in [0.5, 0.6) is 0 Å². The van der Waals surface area contributed by atoms with E-state index in [1.54, 1.807) is 0 Å². The summed E-state index contributed by atoms with van der Waals surface area (Å²) in [5.74, 6) is 8.06. The zero-order chi connectivity index (χ0) is 12.1. The van der Waals surface area contributed by atoms with Crippen LogP contribution in [0.3, 0.4) is 0 Å². The van der Waals surface area contributed by atoms with Crippen LogP contribution >= 0.6 is 0 Å². The molecule has 0 atom stereocenters. The van der Waals surface area contributed by atoms with Gasteiger partial charge >= 0.3 is 0 Å². The fourth-order valence-electron chi connectivity index (χ4n) is 2.18. The molecule has 1 saturated heterocycles. The van der Waals surface area contributed by atoms with E-state index in [0.29, 0.717) is 5.82 Å². The number of piperidine rings is 1. The normalized spacial score (nSPS) is 16.0. The average molecular weight is 235 g/mol. The highest BCUT2D eigenvalue weighted by molar-refractivity contribution is 5.49. The first-order chi connectivity index (χ1) is 8.33. The van der Waals surface area contributed by atoms with E-state index in [1.807, 2.05) is 6.07 Å². The molecule has 3 N–H and O–H groups in total. The number of aromatic nitrogens is 2. The Morgan fingerprint density at radius 3 is 2.71 bits per heavy atom. The van der Waals surface area contributed by atoms with E-state index in [9.17, 15) is 0 Å². The van der Waals surface area contributed by atoms with Crippen LogP contribution < -0.4 is 16.2 Å². The first-order valence-electron chi connectivity index (χ1n) is 6.43. The predicted octanol–water partition coefficient (Wildman–Crippen LogP) is 1.71. The Morgan fingerprint density at radius 1 is 1.29 bits per heavy atom. The Balaban J connectivity index is 2.21. The Labute approximate surface area is 102 Å². The molecule has 0 aliphatic carbocycles. The third-order valence-electron chi connectivity index (χ3n) is 3.06. The molecule has 0 saturated carbocycles. The minimum Gasteiger partial charge on any atom is -0.356 e. The van der Waals surface area contributed by atoms with Crippen LogP contribution in [-0.4, -0.2) is 23.1 Å². The van der Waals surface area contributed by atoms with Gasteiger partial charge in [-0.05, 0) is 25.7 Å². The minimum atomic E-state index is 0.712. The van der Waals surface area contributed by atoms with Gasteiger partial charge in [0.1, 0.15) is 17.5 Å². The molecule has 0 radical (unpaired) electrons. The van der Waals surface area contributed by atoms with E-state index in [4.69, 9.17) is 5.84 Å². The van der Waals surface area contributed by atoms with Gasteiger partial charge in [-0.2, -0.15) is 0 Å². The van der Waals surface area contributed by atoms with E-state index in [-0.39, 0.29) is 0 Å². The van der Waals surface area contributed by atoms with Crippen LogP contribution in [0, 0.1) is 0 Å². The van der Waals surface area contributed by atoms with Gasteiger partial charge < -0.3 is 10.3 Å². The van der Waals surface area contributed by atoms with Crippen molar-refractivity contribution in [1.29, 1.82) is 0 Å². The molecule has 5 heteroatoms. The van der Waals surface area contributed by atoms with Crippen molar-refractivity contribution >= 4 is 11.6 Å². The van der Waals surface area contributed by atoms with E-state index in [2.05, 4.69) is 27.2 Å². The molecule has 5 nitrogen and oxygen atoms in total. The molecule has 0 unspecified atom stereocenters. The van der Waals surface area contributed by atoms with Crippen molar-refractivity contribution in [3.8, 4) is 0 Å². The number of hydrogen-bond donors (Lipinski definition) is 2. The molecule has 1 aliphatic rings. The first-order valence-corrected chi connectivity index (χ1v) is 6.43. The molecule has 0 bridgehead atoms. The molecule has 0 aromatic carbocycles. The molecule has 1 fully saturated rings. The second kappa shape index (κ2) is 5.82. The molecular weight excluding hydrogens is 214 g/mol. The SMILES string of the molecule is CCCc1nc(NN)cc(N2CCCCC2)n1. The van der Waals surface area contributed by atoms with Gasteiger partial charge in [0.2, 0.25) is 0 Å². The second-order valence-electron chi connectivity index (χ2n) is 4.47. The van der Waals surface area contributed by atoms with Crippen molar-refractivity contribution in [2.75, 3.05) is 23.4 Å². The van der Waals surface area contributed by atoms with Crippen LogP contribution in [0.25, 0.3) is 0 Å². The number of aryl methyl sites for hydroxylation is 1. The van der Waals surface area contributed by atoms with Gasteiger partial charge in [0.25, 0.3) is 0 Å². The maximum atomic E-state index is 5.45. The summed E-state index contributed by atoms with van der Waals surface area (Å²) in [4.78, 5) is 11.3. The summed E-state index contributed by atoms with van der Waals surface area (Å²) in [6.45, 7) is 4.31. The third kappa shape index (κ3) is 3.06. The summed E-state index contributed by atoms with van der Waals surface area (Å²) in [6.07, 6.45) is 5.77. The molecular formula is C12H21N5. The Morgan fingerprint density at radius 2 is 2.06 bits per heavy atom. The molecule has 2 heterocycles. The molecule has 0 amide bonds. The fraction of sp³-hybridized carbons (Fsp3) is 0.667. The smallest absolute Gasteiger partial charge is 0.145 e. The van der Waals surface area contributed by atoms with Crippen molar-refractivity contribution in [1.82, 2.24) is 9.97 Å². The standard InChI is InChI=1S/C12H21N5/c1-2-6-10-14-11(16-13)9-12(15-10)17-7-4-3-5-8-17/h9H,2-8,13H2,1H3,(H,14,15,16). The quantitative estimate of drug-likeness (QED) is 0.614. The lowest BCUT2D eigenvalue weighted by Crippen LogP contribution is -2.30. The summed E-state index contributed by atoms with van der Waals surface area (Å²) in [5, 5.41) is 0. The highest BCUT2D eigenvalue weighted by atomic mass is 15.3. The summed E-state index contributed by atoms with van der Waals surface area (Å²) >= 11 is 0. The highest BCUT2D eigenvalue weighted by Gasteiger charge is 2.14. The lowest BCUT2D eigenvalue weighted by molar-refractivity contribution is 0.572. The van der Waals surface area contributed by atoms with Crippen LogP contribution in [0.2, 0.25) is 0 Å². The Bertz CT molecular complexity index is 360. The highest BCUT2D eigenvalue weighted by Crippen LogP contribution is 2.20. The Kier molecular flexibility index (Phi) is 4.14. The van der Waals surface area contributed by atoms with Crippen molar-refractivity contribution in [2.24, 2.45) is 5.84 Å². The van der Waals surface area contributed by atoms with Crippen LogP contribution in [0.15, 0.2) is 6.07 Å². The maximum absolute atomic E-state index is 5.45. The Hall–Kier alpha value is -1.36. The van der Waals surface area contributed by atoms with Crippen molar-refractivity contribution in [2.45, 2.75) is 39.0 Å². The molecule has 1 aromatic heterocycles. The van der Waals surface area contributed by atoms with Gasteiger partial charge in [0, 0.05) is 25.6 Å². The number of nitrogen functional groups attached to an aromatic ring is 1. The van der Waals surface area contributed by atoms with Crippen LogP contribution in [-0.2, 0) is 6.42 Å². The van der Waals surface area contributed by atoms with Gasteiger partial charge in [0.05, 0.1) is 0 Å². The van der Waals surface area contributed by atoms with Crippen molar-refractivity contribution < 1.29 is 0 Å². The first kappa shape index (κ1) is 12.1. The van der Waals surface area contributed by atoms with Gasteiger partial charge in [-0.25, -0.2) is 15.8 Å². The maximum Gasteiger partial charge on any atom is 0.145 e. The zero-order valence-electron chi connectivity index (χ0n) is 10.4. The lowest BCUT2D eigenvalue weighted by atomic mass is 10.1. The number of hydrogen-bond acceptors (Lipinski definition) is 5. The zero-order valence-corrected chi connectivity index (χ0v) is 10.4. The van der Waals surface area contributed by atoms with Crippen LogP contribution in [0.4, 0.5) is 11.6 Å². The number of nitrogens with one attached hydrogen (secondary N) is 1. The number of nitrogens with two attached hydrogens (primary N) is 1. The minimum absolute atomic E-state index is 0.712. The number of anilines is 2. The van der Waals surface area contributed by atoms with Crippen molar-refractivity contribution in [3.63, 3.8) is 0 Å². The van der Waals surface area contributed by atoms with Gasteiger partial charge in [-0.15, -0.1) is 0 Å². The summed E-state index contributed by atoms with van der Waals surface area (Å²) < 4.78 is 0. The van der Waals surface area contributed by atoms with Crippen molar-refractivity contribution in [3.05, 3.63) is 11.9 Å². The third-order valence-corrected chi connectivity index (χ3v) is 3.06. The second-order valence-corrected chi connectivity index (χ2v) is 4.47. The molecule has 1 aliphatic heterocycles. The number of rotatable bonds is 4. The monoisotopic (exact) mass is 235 g/mol. The average Bonchev–Trinajstić information content (AvgIpc) is 2.40. The molecule has 94 valence electrons. The molecule has 1 aromatic rings. The molecule has 17 heavy (non-hydrogen) atoms. The van der Waals surface area contributed by atoms with Gasteiger partial charge in [-0.1, -0.05) is 6.92 Å². The lowest BCUT2D eigenvalue weighted by Gasteiger charge is -2.28. The van der Waals surface area contributed by atoms with E-state index in [0.717, 1.165) is 37.6 Å². The molecule has 2 rings (SSSR count). The summed E-state index contributed by atoms with van der Waals surface area (Å²) in [7, 11) is 0. The van der Waals surface area contributed by atoms with E-state index >= 15 is 0 Å². The summed E-state index contributed by atoms with van der Waals surface area (Å²) in [5.41, 5.74) is 2.63. The van der Waals surface area contributed by atoms with E-state index in [1.165, 1.54) is 19.3 Å². The molecule has 0 spiro atoms. The van der Waals surface area contributed by atoms with E-state index < -0.39 is 0 Å². The fourth-order valence-corrected chi connectivity index (χ4v) is 2.18.